The summed E-state index contributed by atoms with van der Waals surface area (Å²) in [4.78, 5) is 35.3. The first-order chi connectivity index (χ1) is 22.4. The molecular formula is C40H64O6. The lowest BCUT2D eigenvalue weighted by molar-refractivity contribution is -0.166. The fourth-order valence-corrected chi connectivity index (χ4v) is 3.67. The Kier molecular flexibility index (Phi) is 36.7. The number of allylic oxidation sites excluding steroid dienone is 14. The standard InChI is InChI=1S/C29H46O6.C11H18/c1-4-6-8-10-12-14-15-17-19-21-23-29(32)35-27(24-33-26(3)30)25-34-28(31)22-20-18-16-13-11-9-7-5-2;1-3-5-7-9-11-10-8-6-4-2/h9,11-12,14,16-19,27H,4-8,10,13,15,20-25H2,1-3H3;3,5-6,8-9,11H,4,7,10H2,1-2H3/b11-9-,14-12+,18-16-,19-17-;5-3-,8-6-,11-9-. The van der Waals surface area contributed by atoms with Gasteiger partial charge in [-0.05, 0) is 71.1 Å². The number of esters is 3. The van der Waals surface area contributed by atoms with Crippen molar-refractivity contribution in [1.82, 2.24) is 0 Å². The highest BCUT2D eigenvalue weighted by Crippen LogP contribution is 2.05. The molecule has 0 saturated carbocycles. The maximum absolute atomic E-state index is 12.2. The number of hydrogen-bond donors (Lipinski definition) is 0. The van der Waals surface area contributed by atoms with E-state index in [4.69, 9.17) is 14.2 Å². The number of unbranched alkanes of at least 4 members (excludes halogenated alkanes) is 4. The summed E-state index contributed by atoms with van der Waals surface area (Å²) < 4.78 is 15.5. The SMILES string of the molecule is C/C=C\C/C=C\C/C=C\CC.CCC/C=C\C/C=C\CCC(=O)OCC(COC(C)=O)OC(=O)CC/C=C\C/C=C/CCCCC. The van der Waals surface area contributed by atoms with Crippen molar-refractivity contribution in [1.29, 1.82) is 0 Å². The van der Waals surface area contributed by atoms with Crippen molar-refractivity contribution in [2.75, 3.05) is 13.2 Å². The minimum absolute atomic E-state index is 0.139. The van der Waals surface area contributed by atoms with Crippen LogP contribution >= 0.6 is 0 Å². The van der Waals surface area contributed by atoms with Crippen LogP contribution in [0.2, 0.25) is 0 Å². The van der Waals surface area contributed by atoms with Crippen LogP contribution in [0.5, 0.6) is 0 Å². The molecule has 6 heteroatoms. The first kappa shape index (κ1) is 44.7. The van der Waals surface area contributed by atoms with Crippen LogP contribution in [0.15, 0.2) is 85.1 Å². The maximum Gasteiger partial charge on any atom is 0.306 e. The molecular weight excluding hydrogens is 576 g/mol. The van der Waals surface area contributed by atoms with Crippen molar-refractivity contribution in [3.05, 3.63) is 85.1 Å². The zero-order valence-corrected chi connectivity index (χ0v) is 29.6. The average Bonchev–Trinajstić information content (AvgIpc) is 3.04. The first-order valence-electron chi connectivity index (χ1n) is 17.4. The van der Waals surface area contributed by atoms with Crippen LogP contribution in [0.25, 0.3) is 0 Å². The Bertz CT molecular complexity index is 935. The van der Waals surface area contributed by atoms with E-state index in [0.29, 0.717) is 12.8 Å². The van der Waals surface area contributed by atoms with Crippen LogP contribution in [0, 0.1) is 0 Å². The van der Waals surface area contributed by atoms with Gasteiger partial charge >= 0.3 is 17.9 Å². The van der Waals surface area contributed by atoms with Crippen LogP contribution in [0.1, 0.15) is 131 Å². The van der Waals surface area contributed by atoms with Gasteiger partial charge in [0.05, 0.1) is 0 Å². The zero-order valence-electron chi connectivity index (χ0n) is 29.6. The van der Waals surface area contributed by atoms with Crippen LogP contribution in [0.4, 0.5) is 0 Å². The number of carbonyl (C=O) groups is 3. The quantitative estimate of drug-likeness (QED) is 0.0405. The van der Waals surface area contributed by atoms with E-state index in [1.807, 2.05) is 31.2 Å². The van der Waals surface area contributed by atoms with E-state index in [2.05, 4.69) is 81.5 Å². The van der Waals surface area contributed by atoms with Gasteiger partial charge in [0.15, 0.2) is 6.10 Å². The molecule has 0 aliphatic heterocycles. The van der Waals surface area contributed by atoms with Gasteiger partial charge in [-0.15, -0.1) is 0 Å². The van der Waals surface area contributed by atoms with Gasteiger partial charge < -0.3 is 14.2 Å². The molecule has 0 rings (SSSR count). The van der Waals surface area contributed by atoms with Gasteiger partial charge in [-0.2, -0.15) is 0 Å². The highest BCUT2D eigenvalue weighted by atomic mass is 16.6. The Morgan fingerprint density at radius 2 is 1.04 bits per heavy atom. The Balaban J connectivity index is 0. The van der Waals surface area contributed by atoms with Crippen molar-refractivity contribution < 1.29 is 28.6 Å². The van der Waals surface area contributed by atoms with Crippen LogP contribution in [-0.2, 0) is 28.6 Å². The summed E-state index contributed by atoms with van der Waals surface area (Å²) in [6.45, 7) is 9.52. The molecule has 1 unspecified atom stereocenters. The van der Waals surface area contributed by atoms with Gasteiger partial charge in [-0.3, -0.25) is 14.4 Å². The van der Waals surface area contributed by atoms with E-state index in [0.717, 1.165) is 51.4 Å². The molecule has 0 heterocycles. The highest BCUT2D eigenvalue weighted by molar-refractivity contribution is 5.70. The van der Waals surface area contributed by atoms with Crippen LogP contribution in [-0.4, -0.2) is 37.2 Å². The van der Waals surface area contributed by atoms with Crippen LogP contribution < -0.4 is 0 Å². The van der Waals surface area contributed by atoms with Crippen LogP contribution in [0.3, 0.4) is 0 Å². The highest BCUT2D eigenvalue weighted by Gasteiger charge is 2.18. The largest absolute Gasteiger partial charge is 0.462 e. The van der Waals surface area contributed by atoms with Gasteiger partial charge in [-0.1, -0.05) is 125 Å². The molecule has 1 atom stereocenters. The van der Waals surface area contributed by atoms with Gasteiger partial charge in [0, 0.05) is 19.8 Å². The molecule has 0 aliphatic rings. The van der Waals surface area contributed by atoms with Crippen molar-refractivity contribution in [3.63, 3.8) is 0 Å². The first-order valence-corrected chi connectivity index (χ1v) is 17.4. The molecule has 6 nitrogen and oxygen atoms in total. The molecule has 260 valence electrons. The third kappa shape index (κ3) is 38.6. The molecule has 0 saturated heterocycles. The van der Waals surface area contributed by atoms with E-state index in [9.17, 15) is 14.4 Å². The predicted molar refractivity (Wildman–Crippen MR) is 193 cm³/mol. The number of ether oxygens (including phenoxy) is 3. The molecule has 0 aliphatic carbocycles. The third-order valence-corrected chi connectivity index (χ3v) is 6.22. The lowest BCUT2D eigenvalue weighted by Crippen LogP contribution is -2.30. The van der Waals surface area contributed by atoms with E-state index >= 15 is 0 Å². The maximum atomic E-state index is 12.2. The summed E-state index contributed by atoms with van der Waals surface area (Å²) in [7, 11) is 0. The monoisotopic (exact) mass is 640 g/mol. The molecule has 0 spiro atoms. The molecule has 0 amide bonds. The molecule has 0 bridgehead atoms. The Hall–Kier alpha value is -3.41. The normalized spacial score (nSPS) is 12.6. The molecule has 0 aromatic rings. The summed E-state index contributed by atoms with van der Waals surface area (Å²) in [6.07, 6.45) is 42.3. The second-order valence-corrected chi connectivity index (χ2v) is 10.7. The molecule has 0 radical (unpaired) electrons. The topological polar surface area (TPSA) is 78.9 Å². The average molecular weight is 641 g/mol. The summed E-state index contributed by atoms with van der Waals surface area (Å²) in [5.41, 5.74) is 0. The number of rotatable bonds is 26. The second-order valence-electron chi connectivity index (χ2n) is 10.7. The van der Waals surface area contributed by atoms with Crippen molar-refractivity contribution >= 4 is 17.9 Å². The van der Waals surface area contributed by atoms with E-state index in [-0.39, 0.29) is 32.0 Å². The molecule has 0 aromatic heterocycles. The Labute approximate surface area is 281 Å². The zero-order chi connectivity index (χ0) is 34.4. The lowest BCUT2D eigenvalue weighted by Gasteiger charge is -2.17. The molecule has 0 fully saturated rings. The minimum Gasteiger partial charge on any atom is -0.462 e. The van der Waals surface area contributed by atoms with E-state index in [1.165, 1.54) is 26.2 Å². The predicted octanol–water partition coefficient (Wildman–Crippen LogP) is 10.8. The molecule has 0 N–H and O–H groups in total. The summed E-state index contributed by atoms with van der Waals surface area (Å²) in [5.74, 6) is -1.29. The Morgan fingerprint density at radius 1 is 0.543 bits per heavy atom. The summed E-state index contributed by atoms with van der Waals surface area (Å²) >= 11 is 0. The van der Waals surface area contributed by atoms with Gasteiger partial charge in [-0.25, -0.2) is 0 Å². The smallest absolute Gasteiger partial charge is 0.306 e. The Morgan fingerprint density at radius 3 is 1.59 bits per heavy atom. The summed E-state index contributed by atoms with van der Waals surface area (Å²) in [6, 6.07) is 0. The van der Waals surface area contributed by atoms with Crippen molar-refractivity contribution in [2.24, 2.45) is 0 Å². The third-order valence-electron chi connectivity index (χ3n) is 6.22. The number of hydrogen-bond acceptors (Lipinski definition) is 6. The summed E-state index contributed by atoms with van der Waals surface area (Å²) in [5, 5.41) is 0. The van der Waals surface area contributed by atoms with E-state index < -0.39 is 18.0 Å². The lowest BCUT2D eigenvalue weighted by atomic mass is 10.2. The van der Waals surface area contributed by atoms with Gasteiger partial charge in [0.1, 0.15) is 13.2 Å². The molecule has 0 aromatic carbocycles. The van der Waals surface area contributed by atoms with Gasteiger partial charge in [0.25, 0.3) is 0 Å². The van der Waals surface area contributed by atoms with E-state index in [1.54, 1.807) is 0 Å². The fourth-order valence-electron chi connectivity index (χ4n) is 3.67. The van der Waals surface area contributed by atoms with Gasteiger partial charge in [0.2, 0.25) is 0 Å². The van der Waals surface area contributed by atoms with Crippen molar-refractivity contribution in [2.45, 2.75) is 137 Å². The number of carbonyl (C=O) groups excluding carboxylic acids is 3. The second kappa shape index (κ2) is 37.8. The fraction of sp³-hybridized carbons (Fsp3) is 0.575. The minimum atomic E-state index is -0.815. The molecule has 46 heavy (non-hydrogen) atoms. The van der Waals surface area contributed by atoms with Crippen molar-refractivity contribution in [3.8, 4) is 0 Å².